The number of fused-ring (bicyclic) bond motifs is 1. The molecule has 8 heteroatoms. The Morgan fingerprint density at radius 1 is 1.29 bits per heavy atom. The fraction of sp³-hybridized carbons (Fsp3) is 0.385. The molecule has 0 unspecified atom stereocenters. The first kappa shape index (κ1) is 13.7. The Labute approximate surface area is 125 Å². The lowest BCUT2D eigenvalue weighted by Gasteiger charge is -2.08. The fourth-order valence-corrected chi connectivity index (χ4v) is 2.81. The van der Waals surface area contributed by atoms with Crippen molar-refractivity contribution in [3.8, 4) is 0 Å². The highest BCUT2D eigenvalue weighted by atomic mass is 32.1. The molecule has 7 nitrogen and oxygen atoms in total. The second-order valence-electron chi connectivity index (χ2n) is 4.60. The Balaban J connectivity index is 1.89. The van der Waals surface area contributed by atoms with Gasteiger partial charge < -0.3 is 15.2 Å². The maximum atomic E-state index is 4.73. The third kappa shape index (κ3) is 3.10. The topological polar surface area (TPSA) is 88.8 Å². The lowest BCUT2D eigenvalue weighted by molar-refractivity contribution is 0.411. The number of rotatable bonds is 6. The summed E-state index contributed by atoms with van der Waals surface area (Å²) in [5, 5.41) is 11.3. The number of hydrogen-bond acceptors (Lipinski definition) is 8. The highest BCUT2D eigenvalue weighted by molar-refractivity contribution is 7.18. The van der Waals surface area contributed by atoms with Crippen LogP contribution in [0.15, 0.2) is 17.0 Å². The van der Waals surface area contributed by atoms with E-state index in [0.717, 1.165) is 29.0 Å². The molecule has 0 saturated heterocycles. The summed E-state index contributed by atoms with van der Waals surface area (Å²) in [6.07, 6.45) is 2.34. The molecule has 0 aliphatic heterocycles. The second kappa shape index (κ2) is 6.04. The standard InChI is InChI=1S/C13H16N6OS/c1-3-4-14-13-17-11(15-6-10-16-7-20-19-10)9-5-8(2)21-12(9)18-13/h5,7H,3-4,6H2,1-2H3,(H2,14,15,17,18). The summed E-state index contributed by atoms with van der Waals surface area (Å²) in [6, 6.07) is 2.09. The fourth-order valence-electron chi connectivity index (χ4n) is 1.93. The van der Waals surface area contributed by atoms with E-state index in [2.05, 4.69) is 50.7 Å². The van der Waals surface area contributed by atoms with E-state index in [1.165, 1.54) is 11.3 Å². The molecule has 0 bridgehead atoms. The van der Waals surface area contributed by atoms with E-state index in [-0.39, 0.29) is 0 Å². The van der Waals surface area contributed by atoms with Crippen molar-refractivity contribution in [3.63, 3.8) is 0 Å². The van der Waals surface area contributed by atoms with Crippen molar-refractivity contribution in [1.82, 2.24) is 20.1 Å². The van der Waals surface area contributed by atoms with E-state index in [9.17, 15) is 0 Å². The van der Waals surface area contributed by atoms with Crippen LogP contribution in [0, 0.1) is 6.92 Å². The SMILES string of the molecule is CCCNc1nc(NCc2ncon2)c2cc(C)sc2n1. The van der Waals surface area contributed by atoms with Crippen molar-refractivity contribution in [3.05, 3.63) is 23.2 Å². The molecule has 110 valence electrons. The van der Waals surface area contributed by atoms with Crippen LogP contribution in [0.1, 0.15) is 24.0 Å². The van der Waals surface area contributed by atoms with Gasteiger partial charge in [0.2, 0.25) is 12.3 Å². The van der Waals surface area contributed by atoms with Gasteiger partial charge in [0.15, 0.2) is 5.82 Å². The van der Waals surface area contributed by atoms with Gasteiger partial charge in [0.1, 0.15) is 10.6 Å². The zero-order valence-corrected chi connectivity index (χ0v) is 12.7. The maximum Gasteiger partial charge on any atom is 0.226 e. The number of nitrogens with zero attached hydrogens (tertiary/aromatic N) is 4. The van der Waals surface area contributed by atoms with Gasteiger partial charge in [0.25, 0.3) is 0 Å². The van der Waals surface area contributed by atoms with Crippen LogP contribution in [0.5, 0.6) is 0 Å². The van der Waals surface area contributed by atoms with E-state index < -0.39 is 0 Å². The molecule has 3 heterocycles. The molecule has 0 aliphatic carbocycles. The second-order valence-corrected chi connectivity index (χ2v) is 5.83. The lowest BCUT2D eigenvalue weighted by Crippen LogP contribution is -2.08. The Morgan fingerprint density at radius 2 is 2.19 bits per heavy atom. The van der Waals surface area contributed by atoms with Crippen molar-refractivity contribution >= 4 is 33.3 Å². The molecule has 0 radical (unpaired) electrons. The smallest absolute Gasteiger partial charge is 0.226 e. The molecule has 21 heavy (non-hydrogen) atoms. The van der Waals surface area contributed by atoms with Gasteiger partial charge in [-0.1, -0.05) is 12.1 Å². The number of thiophene rings is 1. The molecule has 0 amide bonds. The zero-order valence-electron chi connectivity index (χ0n) is 11.9. The third-order valence-corrected chi connectivity index (χ3v) is 3.81. The van der Waals surface area contributed by atoms with E-state index >= 15 is 0 Å². The van der Waals surface area contributed by atoms with Crippen molar-refractivity contribution in [2.75, 3.05) is 17.2 Å². The number of anilines is 2. The van der Waals surface area contributed by atoms with Crippen LogP contribution < -0.4 is 10.6 Å². The van der Waals surface area contributed by atoms with Gasteiger partial charge in [-0.25, -0.2) is 4.98 Å². The molecule has 0 saturated carbocycles. The summed E-state index contributed by atoms with van der Waals surface area (Å²) in [5.74, 6) is 2.02. The molecule has 2 N–H and O–H groups in total. The first-order valence-electron chi connectivity index (χ1n) is 6.77. The number of aromatic nitrogens is 4. The minimum absolute atomic E-state index is 0.463. The molecule has 0 fully saturated rings. The Morgan fingerprint density at radius 3 is 2.95 bits per heavy atom. The van der Waals surface area contributed by atoms with Crippen LogP contribution >= 0.6 is 11.3 Å². The van der Waals surface area contributed by atoms with Gasteiger partial charge >= 0.3 is 0 Å². The van der Waals surface area contributed by atoms with Crippen LogP contribution in [0.4, 0.5) is 11.8 Å². The van der Waals surface area contributed by atoms with Gasteiger partial charge in [-0.2, -0.15) is 9.97 Å². The van der Waals surface area contributed by atoms with Crippen LogP contribution in [0.25, 0.3) is 10.2 Å². The predicted molar refractivity (Wildman–Crippen MR) is 82.6 cm³/mol. The normalized spacial score (nSPS) is 11.0. The molecule has 0 aromatic carbocycles. The Bertz CT molecular complexity index is 724. The quantitative estimate of drug-likeness (QED) is 0.723. The Kier molecular flexibility index (Phi) is 3.96. The van der Waals surface area contributed by atoms with Crippen LogP contribution in [0.2, 0.25) is 0 Å². The number of hydrogen-bond donors (Lipinski definition) is 2. The molecule has 0 atom stereocenters. The number of nitrogens with one attached hydrogen (secondary N) is 2. The maximum absolute atomic E-state index is 4.73. The summed E-state index contributed by atoms with van der Waals surface area (Å²) < 4.78 is 4.73. The zero-order chi connectivity index (χ0) is 14.7. The van der Waals surface area contributed by atoms with Crippen molar-refractivity contribution in [2.45, 2.75) is 26.8 Å². The van der Waals surface area contributed by atoms with Gasteiger partial charge in [-0.05, 0) is 19.4 Å². The van der Waals surface area contributed by atoms with E-state index in [1.54, 1.807) is 11.3 Å². The first-order valence-corrected chi connectivity index (χ1v) is 7.59. The highest BCUT2D eigenvalue weighted by Gasteiger charge is 2.11. The third-order valence-electron chi connectivity index (χ3n) is 2.87. The molecule has 3 aromatic rings. The molecule has 0 spiro atoms. The van der Waals surface area contributed by atoms with Crippen LogP contribution in [-0.4, -0.2) is 26.7 Å². The summed E-state index contributed by atoms with van der Waals surface area (Å²) in [4.78, 5) is 15.2. The van der Waals surface area contributed by atoms with Crippen LogP contribution in [-0.2, 0) is 6.54 Å². The molecular weight excluding hydrogens is 288 g/mol. The minimum Gasteiger partial charge on any atom is -0.362 e. The Hall–Kier alpha value is -2.22. The molecule has 3 rings (SSSR count). The lowest BCUT2D eigenvalue weighted by atomic mass is 10.3. The van der Waals surface area contributed by atoms with Gasteiger partial charge in [0, 0.05) is 11.4 Å². The van der Waals surface area contributed by atoms with Gasteiger partial charge in [0.05, 0.1) is 11.9 Å². The first-order chi connectivity index (χ1) is 10.3. The number of aryl methyl sites for hydroxylation is 1. The minimum atomic E-state index is 0.463. The van der Waals surface area contributed by atoms with E-state index in [4.69, 9.17) is 4.52 Å². The average Bonchev–Trinajstić information content (AvgIpc) is 3.10. The largest absolute Gasteiger partial charge is 0.362 e. The summed E-state index contributed by atoms with van der Waals surface area (Å²) in [7, 11) is 0. The summed E-state index contributed by atoms with van der Waals surface area (Å²) in [6.45, 7) is 5.48. The van der Waals surface area contributed by atoms with E-state index in [1.807, 2.05) is 0 Å². The monoisotopic (exact) mass is 304 g/mol. The predicted octanol–water partition coefficient (Wildman–Crippen LogP) is 2.82. The van der Waals surface area contributed by atoms with Gasteiger partial charge in [-0.15, -0.1) is 11.3 Å². The molecule has 0 aliphatic rings. The summed E-state index contributed by atoms with van der Waals surface area (Å²) in [5.41, 5.74) is 0. The van der Waals surface area contributed by atoms with Crippen molar-refractivity contribution in [1.29, 1.82) is 0 Å². The average molecular weight is 304 g/mol. The summed E-state index contributed by atoms with van der Waals surface area (Å²) >= 11 is 1.66. The molecular formula is C13H16N6OS. The van der Waals surface area contributed by atoms with E-state index in [0.29, 0.717) is 18.3 Å². The van der Waals surface area contributed by atoms with Crippen molar-refractivity contribution in [2.24, 2.45) is 0 Å². The highest BCUT2D eigenvalue weighted by Crippen LogP contribution is 2.29. The van der Waals surface area contributed by atoms with Gasteiger partial charge in [-0.3, -0.25) is 0 Å². The molecule has 3 aromatic heterocycles. The van der Waals surface area contributed by atoms with Crippen molar-refractivity contribution < 1.29 is 4.52 Å². The van der Waals surface area contributed by atoms with Crippen LogP contribution in [0.3, 0.4) is 0 Å².